The molecule has 2 rings (SSSR count). The number of hydrogen-bond donors (Lipinski definition) is 3. The molecular formula is C12H13IN2O4. The molecule has 0 aliphatic carbocycles. The summed E-state index contributed by atoms with van der Waals surface area (Å²) in [6, 6.07) is 4.77. The fourth-order valence-electron chi connectivity index (χ4n) is 1.81. The Kier molecular flexibility index (Phi) is 4.07. The molecule has 4 N–H and O–H groups in total. The lowest BCUT2D eigenvalue weighted by molar-refractivity contribution is -0.121. The molecule has 1 aliphatic rings. The van der Waals surface area contributed by atoms with Crippen molar-refractivity contribution >= 4 is 40.2 Å². The molecule has 1 aromatic rings. The maximum absolute atomic E-state index is 12.1. The van der Waals surface area contributed by atoms with E-state index in [0.29, 0.717) is 13.0 Å². The number of carbonyl (C=O) groups is 2. The number of carbonyl (C=O) groups excluding carboxylic acids is 1. The summed E-state index contributed by atoms with van der Waals surface area (Å²) in [5.74, 6) is -1.52. The summed E-state index contributed by atoms with van der Waals surface area (Å²) in [5.41, 5.74) is 5.13. The molecule has 1 amide bonds. The Labute approximate surface area is 123 Å². The van der Waals surface area contributed by atoms with Crippen LogP contribution >= 0.6 is 22.6 Å². The first kappa shape index (κ1) is 14.2. The Bertz CT molecular complexity index is 526. The zero-order valence-electron chi connectivity index (χ0n) is 9.98. The van der Waals surface area contributed by atoms with Crippen LogP contribution in [0.2, 0.25) is 0 Å². The highest BCUT2D eigenvalue weighted by Gasteiger charge is 2.38. The number of hydrogen-bond acceptors (Lipinski definition) is 4. The summed E-state index contributed by atoms with van der Waals surface area (Å²) < 4.78 is 5.89. The molecule has 0 bridgehead atoms. The van der Waals surface area contributed by atoms with Gasteiger partial charge in [-0.3, -0.25) is 4.79 Å². The van der Waals surface area contributed by atoms with Gasteiger partial charge in [0.15, 0.2) is 0 Å². The van der Waals surface area contributed by atoms with E-state index in [0.717, 1.165) is 3.57 Å². The van der Waals surface area contributed by atoms with Gasteiger partial charge in [0.05, 0.1) is 17.9 Å². The van der Waals surface area contributed by atoms with Crippen molar-refractivity contribution in [3.8, 4) is 0 Å². The first-order valence-corrected chi connectivity index (χ1v) is 6.71. The Morgan fingerprint density at radius 1 is 1.47 bits per heavy atom. The number of halogens is 1. The molecule has 102 valence electrons. The summed E-state index contributed by atoms with van der Waals surface area (Å²) in [7, 11) is 0. The van der Waals surface area contributed by atoms with Gasteiger partial charge in [-0.1, -0.05) is 0 Å². The highest BCUT2D eigenvalue weighted by atomic mass is 127. The van der Waals surface area contributed by atoms with Crippen molar-refractivity contribution in [2.45, 2.75) is 12.0 Å². The zero-order valence-corrected chi connectivity index (χ0v) is 12.1. The summed E-state index contributed by atoms with van der Waals surface area (Å²) in [6.45, 7) is 0.577. The number of nitrogens with two attached hydrogens (primary N) is 1. The van der Waals surface area contributed by atoms with Gasteiger partial charge >= 0.3 is 5.97 Å². The fourth-order valence-corrected chi connectivity index (χ4v) is 2.30. The van der Waals surface area contributed by atoms with Gasteiger partial charge in [-0.15, -0.1) is 0 Å². The van der Waals surface area contributed by atoms with Gasteiger partial charge in [0.2, 0.25) is 5.91 Å². The molecule has 1 saturated heterocycles. The molecule has 0 radical (unpaired) electrons. The minimum Gasteiger partial charge on any atom is -0.478 e. The van der Waals surface area contributed by atoms with Crippen LogP contribution in [0.3, 0.4) is 0 Å². The molecule has 1 fully saturated rings. The Morgan fingerprint density at radius 3 is 2.79 bits per heavy atom. The number of aromatic carboxylic acids is 1. The third-order valence-electron chi connectivity index (χ3n) is 2.96. The van der Waals surface area contributed by atoms with Gasteiger partial charge in [-0.2, -0.15) is 0 Å². The van der Waals surface area contributed by atoms with Crippen LogP contribution < -0.4 is 11.1 Å². The van der Waals surface area contributed by atoms with E-state index in [1.165, 1.54) is 6.07 Å². The second-order valence-corrected chi connectivity index (χ2v) is 5.65. The topological polar surface area (TPSA) is 102 Å². The van der Waals surface area contributed by atoms with Gasteiger partial charge in [0.25, 0.3) is 0 Å². The molecule has 6 nitrogen and oxygen atoms in total. The van der Waals surface area contributed by atoms with E-state index in [4.69, 9.17) is 15.6 Å². The molecule has 7 heteroatoms. The molecule has 1 aliphatic heterocycles. The second-order valence-electron chi connectivity index (χ2n) is 4.41. The predicted molar refractivity (Wildman–Crippen MR) is 77.1 cm³/mol. The summed E-state index contributed by atoms with van der Waals surface area (Å²) >= 11 is 2.01. The SMILES string of the molecule is NC1(C(=O)Nc2ccc(I)cc2C(=O)O)CCOC1. The van der Waals surface area contributed by atoms with E-state index >= 15 is 0 Å². The first-order chi connectivity index (χ1) is 8.92. The van der Waals surface area contributed by atoms with Crippen LogP contribution in [-0.4, -0.2) is 35.7 Å². The minimum atomic E-state index is -1.09. The molecule has 1 atom stereocenters. The molecule has 19 heavy (non-hydrogen) atoms. The van der Waals surface area contributed by atoms with Crippen LogP contribution in [0.4, 0.5) is 5.69 Å². The summed E-state index contributed by atoms with van der Waals surface area (Å²) in [6.07, 6.45) is 0.422. The van der Waals surface area contributed by atoms with Crippen molar-refractivity contribution in [3.63, 3.8) is 0 Å². The van der Waals surface area contributed by atoms with Gasteiger partial charge in [0.1, 0.15) is 5.54 Å². The van der Waals surface area contributed by atoms with Crippen molar-refractivity contribution in [3.05, 3.63) is 27.3 Å². The maximum atomic E-state index is 12.1. The smallest absolute Gasteiger partial charge is 0.337 e. The van der Waals surface area contributed by atoms with E-state index in [1.807, 2.05) is 22.6 Å². The van der Waals surface area contributed by atoms with Gasteiger partial charge in [-0.05, 0) is 47.2 Å². The van der Waals surface area contributed by atoms with Crippen molar-refractivity contribution < 1.29 is 19.4 Å². The molecule has 1 unspecified atom stereocenters. The summed E-state index contributed by atoms with van der Waals surface area (Å²) in [4.78, 5) is 23.2. The van der Waals surface area contributed by atoms with E-state index in [-0.39, 0.29) is 17.9 Å². The number of carboxylic acid groups (broad SMARTS) is 1. The molecule has 1 aromatic carbocycles. The second kappa shape index (κ2) is 5.43. The minimum absolute atomic E-state index is 0.0442. The van der Waals surface area contributed by atoms with E-state index in [2.05, 4.69) is 5.32 Å². The Hall–Kier alpha value is -1.19. The lowest BCUT2D eigenvalue weighted by atomic mass is 9.99. The standard InChI is InChI=1S/C12H13IN2O4/c13-7-1-2-9(8(5-7)10(16)17)15-11(18)12(14)3-4-19-6-12/h1-2,5H,3-4,6,14H2,(H,15,18)(H,16,17). The van der Waals surface area contributed by atoms with Crippen LogP contribution in [0, 0.1) is 3.57 Å². The number of carboxylic acids is 1. The highest BCUT2D eigenvalue weighted by Crippen LogP contribution is 2.22. The van der Waals surface area contributed by atoms with Crippen molar-refractivity contribution in [1.82, 2.24) is 0 Å². The molecule has 0 aromatic heterocycles. The van der Waals surface area contributed by atoms with Gasteiger partial charge in [0, 0.05) is 10.2 Å². The number of anilines is 1. The lowest BCUT2D eigenvalue weighted by Crippen LogP contribution is -2.51. The highest BCUT2D eigenvalue weighted by molar-refractivity contribution is 14.1. The van der Waals surface area contributed by atoms with Crippen LogP contribution in [-0.2, 0) is 9.53 Å². The number of nitrogens with one attached hydrogen (secondary N) is 1. The average molecular weight is 376 g/mol. The normalized spacial score (nSPS) is 22.2. The zero-order chi connectivity index (χ0) is 14.0. The van der Waals surface area contributed by atoms with Crippen molar-refractivity contribution in [2.24, 2.45) is 5.73 Å². The van der Waals surface area contributed by atoms with E-state index < -0.39 is 17.4 Å². The molecule has 0 saturated carbocycles. The number of benzene rings is 1. The number of ether oxygens (including phenoxy) is 1. The first-order valence-electron chi connectivity index (χ1n) is 5.63. The van der Waals surface area contributed by atoms with Gasteiger partial charge in [-0.25, -0.2) is 4.79 Å². The van der Waals surface area contributed by atoms with E-state index in [9.17, 15) is 9.59 Å². The molecule has 1 heterocycles. The third kappa shape index (κ3) is 3.04. The summed E-state index contributed by atoms with van der Waals surface area (Å²) in [5, 5.41) is 11.7. The fraction of sp³-hybridized carbons (Fsp3) is 0.333. The number of rotatable bonds is 3. The van der Waals surface area contributed by atoms with Crippen LogP contribution in [0.25, 0.3) is 0 Å². The predicted octanol–water partition coefficient (Wildman–Crippen LogP) is 1.05. The molecular weight excluding hydrogens is 363 g/mol. The maximum Gasteiger partial charge on any atom is 0.337 e. The van der Waals surface area contributed by atoms with Crippen molar-refractivity contribution in [1.29, 1.82) is 0 Å². The Balaban J connectivity index is 2.23. The van der Waals surface area contributed by atoms with Crippen LogP contribution in [0.1, 0.15) is 16.8 Å². The number of amides is 1. The largest absolute Gasteiger partial charge is 0.478 e. The van der Waals surface area contributed by atoms with Crippen molar-refractivity contribution in [2.75, 3.05) is 18.5 Å². The Morgan fingerprint density at radius 2 is 2.21 bits per heavy atom. The molecule has 0 spiro atoms. The van der Waals surface area contributed by atoms with E-state index in [1.54, 1.807) is 12.1 Å². The quantitative estimate of drug-likeness (QED) is 0.685. The average Bonchev–Trinajstić information content (AvgIpc) is 2.79. The monoisotopic (exact) mass is 376 g/mol. The third-order valence-corrected chi connectivity index (χ3v) is 3.64. The van der Waals surface area contributed by atoms with Crippen LogP contribution in [0.5, 0.6) is 0 Å². The lowest BCUT2D eigenvalue weighted by Gasteiger charge is -2.21. The van der Waals surface area contributed by atoms with Crippen LogP contribution in [0.15, 0.2) is 18.2 Å². The van der Waals surface area contributed by atoms with Gasteiger partial charge < -0.3 is 20.9 Å².